The van der Waals surface area contributed by atoms with Crippen LogP contribution >= 0.6 is 11.3 Å². The van der Waals surface area contributed by atoms with Crippen LogP contribution < -0.4 is 5.73 Å². The lowest BCUT2D eigenvalue weighted by molar-refractivity contribution is -0.347. The Bertz CT molecular complexity index is 646. The van der Waals surface area contributed by atoms with E-state index in [1.54, 1.807) is 0 Å². The number of alkyl halides is 7. The lowest BCUT2D eigenvalue weighted by Crippen LogP contribution is -2.50. The first-order valence-electron chi connectivity index (χ1n) is 5.63. The molecule has 22 heavy (non-hydrogen) atoms. The largest absolute Gasteiger partial charge is 0.436 e. The van der Waals surface area contributed by atoms with Gasteiger partial charge < -0.3 is 5.73 Å². The summed E-state index contributed by atoms with van der Waals surface area (Å²) >= 11 is -0.178. The predicted molar refractivity (Wildman–Crippen MR) is 66.9 cm³/mol. The maximum absolute atomic E-state index is 14.2. The molecule has 2 nitrogen and oxygen atoms in total. The lowest BCUT2D eigenvalue weighted by Gasteiger charge is -2.29. The molecule has 0 spiro atoms. The highest BCUT2D eigenvalue weighted by Gasteiger charge is 2.75. The number of anilines is 1. The van der Waals surface area contributed by atoms with Crippen LogP contribution in [0.5, 0.6) is 0 Å². The first-order valence-corrected chi connectivity index (χ1v) is 6.44. The third-order valence-electron chi connectivity index (χ3n) is 2.79. The quantitative estimate of drug-likeness (QED) is 0.804. The van der Waals surface area contributed by atoms with Gasteiger partial charge in [-0.05, 0) is 0 Å². The predicted octanol–water partition coefficient (Wildman–Crippen LogP) is 4.68. The van der Waals surface area contributed by atoms with Gasteiger partial charge in [0.2, 0.25) is 0 Å². The van der Waals surface area contributed by atoms with Crippen LogP contribution in [0.25, 0.3) is 11.3 Å². The molecule has 10 heteroatoms. The van der Waals surface area contributed by atoms with Crippen molar-refractivity contribution in [3.8, 4) is 11.3 Å². The molecule has 0 amide bonds. The summed E-state index contributed by atoms with van der Waals surface area (Å²) < 4.78 is 91.2. The highest BCUT2D eigenvalue weighted by Crippen LogP contribution is 2.57. The normalized spacial score (nSPS) is 13.4. The zero-order valence-electron chi connectivity index (χ0n) is 10.5. The SMILES string of the molecule is Nc1nc(-c2ccccc2)c(C(F)(C(F)(F)F)C(F)(F)F)s1. The highest BCUT2D eigenvalue weighted by molar-refractivity contribution is 7.16. The van der Waals surface area contributed by atoms with Crippen molar-refractivity contribution in [1.82, 2.24) is 4.98 Å². The average Bonchev–Trinajstić information content (AvgIpc) is 2.78. The van der Waals surface area contributed by atoms with Gasteiger partial charge in [0.1, 0.15) is 0 Å². The summed E-state index contributed by atoms with van der Waals surface area (Å²) in [5.41, 5.74) is -1.21. The van der Waals surface area contributed by atoms with Crippen molar-refractivity contribution in [3.63, 3.8) is 0 Å². The van der Waals surface area contributed by atoms with E-state index < -0.39 is 33.7 Å². The monoisotopic (exact) mass is 344 g/mol. The number of benzene rings is 1. The minimum atomic E-state index is -6.20. The van der Waals surface area contributed by atoms with Gasteiger partial charge in [-0.3, -0.25) is 0 Å². The Kier molecular flexibility index (Phi) is 3.84. The minimum Gasteiger partial charge on any atom is -0.375 e. The van der Waals surface area contributed by atoms with Crippen molar-refractivity contribution < 1.29 is 30.7 Å². The van der Waals surface area contributed by atoms with E-state index in [1.807, 2.05) is 0 Å². The van der Waals surface area contributed by atoms with E-state index in [0.29, 0.717) is 0 Å². The summed E-state index contributed by atoms with van der Waals surface area (Å²) in [6.45, 7) is 0. The molecule has 1 aromatic carbocycles. The first-order chi connectivity index (χ1) is 9.98. The molecule has 120 valence electrons. The van der Waals surface area contributed by atoms with Crippen molar-refractivity contribution in [1.29, 1.82) is 0 Å². The fourth-order valence-electron chi connectivity index (χ4n) is 1.78. The average molecular weight is 344 g/mol. The number of hydrogen-bond acceptors (Lipinski definition) is 3. The van der Waals surface area contributed by atoms with E-state index in [0.717, 1.165) is 0 Å². The molecule has 0 bridgehead atoms. The molecule has 0 atom stereocenters. The van der Waals surface area contributed by atoms with E-state index in [4.69, 9.17) is 5.73 Å². The molecule has 0 radical (unpaired) electrons. The summed E-state index contributed by atoms with van der Waals surface area (Å²) in [5.74, 6) is 0. The van der Waals surface area contributed by atoms with Gasteiger partial charge in [0, 0.05) is 5.56 Å². The van der Waals surface area contributed by atoms with Gasteiger partial charge in [0.15, 0.2) is 5.13 Å². The molecule has 2 N–H and O–H groups in total. The van der Waals surface area contributed by atoms with Crippen LogP contribution in [0.4, 0.5) is 35.9 Å². The second kappa shape index (κ2) is 5.11. The Morgan fingerprint density at radius 2 is 1.36 bits per heavy atom. The van der Waals surface area contributed by atoms with Crippen LogP contribution in [0.1, 0.15) is 4.88 Å². The number of nitrogen functional groups attached to an aromatic ring is 1. The van der Waals surface area contributed by atoms with Crippen molar-refractivity contribution in [2.45, 2.75) is 18.0 Å². The van der Waals surface area contributed by atoms with Gasteiger partial charge in [-0.1, -0.05) is 41.7 Å². The smallest absolute Gasteiger partial charge is 0.375 e. The fourth-order valence-corrected chi connectivity index (χ4v) is 2.76. The summed E-state index contributed by atoms with van der Waals surface area (Å²) in [5, 5.41) is -0.593. The van der Waals surface area contributed by atoms with Crippen molar-refractivity contribution >= 4 is 16.5 Å². The summed E-state index contributed by atoms with van der Waals surface area (Å²) in [7, 11) is 0. The third-order valence-corrected chi connectivity index (χ3v) is 3.76. The van der Waals surface area contributed by atoms with E-state index in [9.17, 15) is 30.7 Å². The van der Waals surface area contributed by atoms with Crippen LogP contribution in [-0.4, -0.2) is 17.3 Å². The van der Waals surface area contributed by atoms with Gasteiger partial charge >= 0.3 is 18.0 Å². The molecule has 0 saturated carbocycles. The number of thiazole rings is 1. The molecule has 1 heterocycles. The van der Waals surface area contributed by atoms with E-state index >= 15 is 0 Å². The van der Waals surface area contributed by atoms with Gasteiger partial charge in [-0.2, -0.15) is 26.3 Å². The van der Waals surface area contributed by atoms with Gasteiger partial charge in [0.05, 0.1) is 10.6 Å². The van der Waals surface area contributed by atoms with Crippen LogP contribution in [0.2, 0.25) is 0 Å². The van der Waals surface area contributed by atoms with Crippen molar-refractivity contribution in [2.24, 2.45) is 0 Å². The van der Waals surface area contributed by atoms with Gasteiger partial charge in [-0.15, -0.1) is 0 Å². The second-order valence-corrected chi connectivity index (χ2v) is 5.28. The van der Waals surface area contributed by atoms with E-state index in [-0.39, 0.29) is 16.9 Å². The van der Waals surface area contributed by atoms with E-state index in [2.05, 4.69) is 4.98 Å². The summed E-state index contributed by atoms with van der Waals surface area (Å²) in [6.07, 6.45) is -12.4. The Labute approximate surface area is 123 Å². The maximum Gasteiger partial charge on any atom is 0.436 e. The molecule has 0 aliphatic carbocycles. The molecular formula is C12H7F7N2S. The third kappa shape index (κ3) is 2.51. The molecule has 1 aromatic heterocycles. The van der Waals surface area contributed by atoms with Gasteiger partial charge in [-0.25, -0.2) is 9.37 Å². The topological polar surface area (TPSA) is 38.9 Å². The number of rotatable bonds is 2. The molecule has 0 aliphatic heterocycles. The van der Waals surface area contributed by atoms with Crippen molar-refractivity contribution in [2.75, 3.05) is 5.73 Å². The Morgan fingerprint density at radius 1 is 0.864 bits per heavy atom. The Balaban J connectivity index is 2.75. The lowest BCUT2D eigenvalue weighted by atomic mass is 9.98. The zero-order valence-corrected chi connectivity index (χ0v) is 11.3. The zero-order chi connectivity index (χ0) is 16.8. The molecule has 0 unspecified atom stereocenters. The highest BCUT2D eigenvalue weighted by atomic mass is 32.1. The van der Waals surface area contributed by atoms with Crippen LogP contribution in [0.3, 0.4) is 0 Å². The Morgan fingerprint density at radius 3 is 1.82 bits per heavy atom. The van der Waals surface area contributed by atoms with Crippen LogP contribution in [-0.2, 0) is 5.67 Å². The Hall–Kier alpha value is -1.84. The van der Waals surface area contributed by atoms with Gasteiger partial charge in [0.25, 0.3) is 0 Å². The molecule has 2 rings (SSSR count). The number of hydrogen-bond donors (Lipinski definition) is 1. The van der Waals surface area contributed by atoms with Crippen molar-refractivity contribution in [3.05, 3.63) is 35.2 Å². The fraction of sp³-hybridized carbons (Fsp3) is 0.250. The number of aromatic nitrogens is 1. The molecule has 0 saturated heterocycles. The molecule has 0 aliphatic rings. The van der Waals surface area contributed by atoms with Crippen LogP contribution in [0, 0.1) is 0 Å². The number of nitrogens with zero attached hydrogens (tertiary/aromatic N) is 1. The molecular weight excluding hydrogens is 337 g/mol. The summed E-state index contributed by atoms with van der Waals surface area (Å²) in [6, 6.07) is 6.66. The minimum absolute atomic E-state index is 0.0963. The standard InChI is InChI=1S/C12H7F7N2S/c13-10(11(14,15)16,12(17,18)19)8-7(21-9(20)22-8)6-4-2-1-3-5-6/h1-5H,(H2,20,21). The molecule has 2 aromatic rings. The summed E-state index contributed by atoms with van der Waals surface area (Å²) in [4.78, 5) is 1.80. The van der Waals surface area contributed by atoms with Crippen LogP contribution in [0.15, 0.2) is 30.3 Å². The number of nitrogens with two attached hydrogens (primary N) is 1. The molecule has 0 fully saturated rings. The first kappa shape index (κ1) is 16.5. The number of halogens is 7. The second-order valence-electron chi connectivity index (χ2n) is 4.25. The van der Waals surface area contributed by atoms with E-state index in [1.165, 1.54) is 30.3 Å². The maximum atomic E-state index is 14.2.